The van der Waals surface area contributed by atoms with Crippen molar-refractivity contribution in [2.75, 3.05) is 38.4 Å². The topological polar surface area (TPSA) is 164 Å². The van der Waals surface area contributed by atoms with Crippen molar-refractivity contribution in [1.29, 1.82) is 0 Å². The molecule has 52 heavy (non-hydrogen) atoms. The molecule has 0 radical (unpaired) electrons. The number of amides is 1. The van der Waals surface area contributed by atoms with Crippen LogP contribution < -0.4 is 5.32 Å². The summed E-state index contributed by atoms with van der Waals surface area (Å²) in [7, 11) is 0. The minimum Gasteiger partial charge on any atom is -0.481 e. The molecular formula is C40H65NO11. The van der Waals surface area contributed by atoms with Gasteiger partial charge in [0.1, 0.15) is 19.8 Å². The number of carboxylic acids is 1. The first-order valence-corrected chi connectivity index (χ1v) is 18.3. The summed E-state index contributed by atoms with van der Waals surface area (Å²) in [5.41, 5.74) is -0.0882. The summed E-state index contributed by atoms with van der Waals surface area (Å²) < 4.78 is 14.9. The van der Waals surface area contributed by atoms with Gasteiger partial charge in [0, 0.05) is 11.1 Å². The molecule has 0 spiro atoms. The van der Waals surface area contributed by atoms with Crippen molar-refractivity contribution in [2.45, 2.75) is 114 Å². The molecule has 2 atom stereocenters. The number of carboxylic acid groups (broad SMARTS) is 1. The highest BCUT2D eigenvalue weighted by Crippen LogP contribution is 2.30. The molecule has 12 heteroatoms. The van der Waals surface area contributed by atoms with E-state index in [1.807, 2.05) is 62.3 Å². The van der Waals surface area contributed by atoms with Crippen molar-refractivity contribution < 1.29 is 53.1 Å². The van der Waals surface area contributed by atoms with Gasteiger partial charge < -0.3 is 24.6 Å². The van der Waals surface area contributed by atoms with E-state index in [9.17, 15) is 24.0 Å². The average molecular weight is 736 g/mol. The minimum atomic E-state index is -0.760. The lowest BCUT2D eigenvalue weighted by molar-refractivity contribution is -0.307. The fraction of sp³-hybridized carbons (Fsp3) is 0.675. The zero-order valence-electron chi connectivity index (χ0n) is 33.3. The zero-order valence-corrected chi connectivity index (χ0v) is 33.3. The third kappa shape index (κ3) is 18.1. The van der Waals surface area contributed by atoms with E-state index in [0.29, 0.717) is 37.3 Å². The lowest BCUT2D eigenvalue weighted by Gasteiger charge is -2.27. The highest BCUT2D eigenvalue weighted by Gasteiger charge is 2.31. The number of carbonyl (C=O) groups excluding carboxylic acids is 4. The predicted octanol–water partition coefficient (Wildman–Crippen LogP) is 8.19. The van der Waals surface area contributed by atoms with Crippen molar-refractivity contribution in [1.82, 2.24) is 0 Å². The molecule has 1 fully saturated rings. The highest BCUT2D eigenvalue weighted by atomic mass is 17.2. The molecule has 1 saturated carbocycles. The maximum absolute atomic E-state index is 12.0. The number of benzene rings is 1. The van der Waals surface area contributed by atoms with Crippen LogP contribution in [0.3, 0.4) is 0 Å². The van der Waals surface area contributed by atoms with Crippen molar-refractivity contribution in [3.05, 3.63) is 42.5 Å². The van der Waals surface area contributed by atoms with Gasteiger partial charge in [0.25, 0.3) is 0 Å². The average Bonchev–Trinajstić information content (AvgIpc) is 3.12. The number of hydrogen-bond acceptors (Lipinski definition) is 10. The summed E-state index contributed by atoms with van der Waals surface area (Å²) in [6.07, 6.45) is 7.37. The van der Waals surface area contributed by atoms with Gasteiger partial charge in [0.15, 0.2) is 0 Å². The van der Waals surface area contributed by atoms with Gasteiger partial charge in [0.05, 0.1) is 35.5 Å². The standard InChI is InChI=1S/C16H28O6.C15H21NO3.C9H16O2/c1-4-16(2,3)15(19)20-9-10-21-22-11-12-7-5-6-8-13(12)14(17)18;1-5-15(3,4)14(18)16-12-9-7-11(8-10-12)13(17)19-6-2;1-5-7-11-8(10)9(3,4)6-2/h12-13H,4-11H2,1-3H3,(H,17,18);7-10H,5-6H2,1-4H3,(H,16,18);5H,1,6-7H2,2-4H3. The van der Waals surface area contributed by atoms with E-state index in [-0.39, 0.29) is 60.9 Å². The fourth-order valence-corrected chi connectivity index (χ4v) is 4.27. The fourth-order valence-electron chi connectivity index (χ4n) is 4.27. The Bertz CT molecular complexity index is 1250. The second-order valence-electron chi connectivity index (χ2n) is 14.6. The molecule has 12 nitrogen and oxygen atoms in total. The molecule has 0 aromatic heterocycles. The summed E-state index contributed by atoms with van der Waals surface area (Å²) in [6, 6.07) is 6.70. The van der Waals surface area contributed by atoms with Crippen LogP contribution in [0, 0.1) is 28.1 Å². The maximum Gasteiger partial charge on any atom is 0.338 e. The smallest absolute Gasteiger partial charge is 0.338 e. The molecule has 2 unspecified atom stereocenters. The Balaban J connectivity index is 0.000000792. The molecule has 0 aliphatic heterocycles. The van der Waals surface area contributed by atoms with Crippen molar-refractivity contribution in [3.8, 4) is 0 Å². The second-order valence-corrected chi connectivity index (χ2v) is 14.6. The Morgan fingerprint density at radius 1 is 0.769 bits per heavy atom. The van der Waals surface area contributed by atoms with E-state index in [1.54, 1.807) is 37.3 Å². The summed E-state index contributed by atoms with van der Waals surface area (Å²) >= 11 is 0. The Labute approximate surface area is 311 Å². The summed E-state index contributed by atoms with van der Waals surface area (Å²) in [5, 5.41) is 12.0. The van der Waals surface area contributed by atoms with Crippen LogP contribution in [0.4, 0.5) is 5.69 Å². The van der Waals surface area contributed by atoms with Crippen LogP contribution in [0.1, 0.15) is 125 Å². The Morgan fingerprint density at radius 3 is 1.81 bits per heavy atom. The number of aliphatic carboxylic acids is 1. The molecule has 1 aromatic rings. The van der Waals surface area contributed by atoms with Gasteiger partial charge in [-0.2, -0.15) is 0 Å². The van der Waals surface area contributed by atoms with Crippen molar-refractivity contribution in [2.24, 2.45) is 28.1 Å². The van der Waals surface area contributed by atoms with Gasteiger partial charge in [-0.3, -0.25) is 19.2 Å². The largest absolute Gasteiger partial charge is 0.481 e. The summed E-state index contributed by atoms with van der Waals surface area (Å²) in [4.78, 5) is 67.6. The first-order chi connectivity index (χ1) is 24.3. The van der Waals surface area contributed by atoms with Crippen LogP contribution in [0.2, 0.25) is 0 Å². The van der Waals surface area contributed by atoms with Crippen LogP contribution in [0.5, 0.6) is 0 Å². The molecule has 2 rings (SSSR count). The maximum atomic E-state index is 12.0. The summed E-state index contributed by atoms with van der Waals surface area (Å²) in [6.45, 7) is 23.5. The second kappa shape index (κ2) is 24.5. The van der Waals surface area contributed by atoms with E-state index in [4.69, 9.17) is 29.1 Å². The number of hydrogen-bond donors (Lipinski definition) is 2. The van der Waals surface area contributed by atoms with Crippen molar-refractivity contribution in [3.63, 3.8) is 0 Å². The highest BCUT2D eigenvalue weighted by molar-refractivity contribution is 5.95. The van der Waals surface area contributed by atoms with Gasteiger partial charge in [-0.15, -0.1) is 0 Å². The Kier molecular flexibility index (Phi) is 22.7. The van der Waals surface area contributed by atoms with Gasteiger partial charge >= 0.3 is 23.9 Å². The SMILES string of the molecule is C=CCOC(=O)C(C)(C)CC.CCC(C)(C)C(=O)OCCOOCC1CCCCC1C(=O)O.CCOC(=O)c1ccc(NC(=O)C(C)(C)CC)cc1. The van der Waals surface area contributed by atoms with E-state index in [0.717, 1.165) is 32.1 Å². The van der Waals surface area contributed by atoms with Crippen molar-refractivity contribution >= 4 is 35.5 Å². The molecule has 0 saturated heterocycles. The lowest BCUT2D eigenvalue weighted by atomic mass is 9.80. The molecule has 2 N–H and O–H groups in total. The Morgan fingerprint density at radius 2 is 1.31 bits per heavy atom. The minimum absolute atomic E-state index is 0.00664. The third-order valence-corrected chi connectivity index (χ3v) is 9.35. The number of ether oxygens (including phenoxy) is 3. The number of anilines is 1. The van der Waals surface area contributed by atoms with Gasteiger partial charge in [-0.1, -0.05) is 60.1 Å². The molecule has 0 heterocycles. The predicted molar refractivity (Wildman–Crippen MR) is 200 cm³/mol. The van der Waals surface area contributed by atoms with Crippen LogP contribution in [0.15, 0.2) is 36.9 Å². The quantitative estimate of drug-likeness (QED) is 0.0373. The third-order valence-electron chi connectivity index (χ3n) is 9.35. The number of nitrogens with one attached hydrogen (secondary N) is 1. The number of esters is 3. The van der Waals surface area contributed by atoms with E-state index in [1.165, 1.54) is 0 Å². The van der Waals surface area contributed by atoms with Gasteiger partial charge in [0.2, 0.25) is 5.91 Å². The van der Waals surface area contributed by atoms with E-state index in [2.05, 4.69) is 11.9 Å². The molecule has 0 bridgehead atoms. The molecule has 1 aromatic carbocycles. The lowest BCUT2D eigenvalue weighted by Crippen LogP contribution is -2.30. The molecule has 296 valence electrons. The van der Waals surface area contributed by atoms with Gasteiger partial charge in [-0.05, 0) is 96.9 Å². The first kappa shape index (κ1) is 48.2. The zero-order chi connectivity index (χ0) is 40.0. The van der Waals surface area contributed by atoms with Crippen LogP contribution >= 0.6 is 0 Å². The van der Waals surface area contributed by atoms with E-state index >= 15 is 0 Å². The molecule has 1 aliphatic rings. The van der Waals surface area contributed by atoms with Crippen LogP contribution in [0.25, 0.3) is 0 Å². The monoisotopic (exact) mass is 735 g/mol. The normalized spacial score (nSPS) is 15.7. The number of carbonyl (C=O) groups is 5. The number of rotatable bonds is 18. The summed E-state index contributed by atoms with van der Waals surface area (Å²) in [5.74, 6) is -1.90. The van der Waals surface area contributed by atoms with E-state index < -0.39 is 16.8 Å². The molecule has 1 amide bonds. The first-order valence-electron chi connectivity index (χ1n) is 18.3. The van der Waals surface area contributed by atoms with Crippen LogP contribution in [-0.4, -0.2) is 67.9 Å². The molecule has 1 aliphatic carbocycles. The Hall–Kier alpha value is -3.77. The molecular weight excluding hydrogens is 670 g/mol. The van der Waals surface area contributed by atoms with Gasteiger partial charge in [-0.25, -0.2) is 14.6 Å². The van der Waals surface area contributed by atoms with Crippen LogP contribution in [-0.2, 0) is 43.2 Å².